The van der Waals surface area contributed by atoms with E-state index in [2.05, 4.69) is 28.5 Å². The van der Waals surface area contributed by atoms with Gasteiger partial charge in [0.1, 0.15) is 0 Å². The van der Waals surface area contributed by atoms with Gasteiger partial charge in [0.05, 0.1) is 17.8 Å². The third-order valence-corrected chi connectivity index (χ3v) is 2.06. The number of rotatable bonds is 4. The molecule has 0 fully saturated rings. The highest BCUT2D eigenvalue weighted by Crippen LogP contribution is 2.00. The molecule has 0 aromatic heterocycles. The lowest BCUT2D eigenvalue weighted by molar-refractivity contribution is 0.942. The average molecular weight is 244 g/mol. The molecule has 1 aromatic carbocycles. The minimum atomic E-state index is 0.440. The van der Waals surface area contributed by atoms with Crippen molar-refractivity contribution in [1.29, 1.82) is 5.26 Å². The lowest BCUT2D eigenvalue weighted by atomic mass is 10.2. The SMILES string of the molecule is C=CCNC(=S)N/N=C\c1ccc(C#N)cc1. The molecule has 2 N–H and O–H groups in total. The van der Waals surface area contributed by atoms with Gasteiger partial charge in [-0.25, -0.2) is 0 Å². The number of nitriles is 1. The number of thiocarbonyl (C=S) groups is 1. The van der Waals surface area contributed by atoms with E-state index >= 15 is 0 Å². The van der Waals surface area contributed by atoms with Crippen molar-refractivity contribution >= 4 is 23.5 Å². The summed E-state index contributed by atoms with van der Waals surface area (Å²) in [6.07, 6.45) is 3.33. The Hall–Kier alpha value is -2.19. The molecule has 0 spiro atoms. The summed E-state index contributed by atoms with van der Waals surface area (Å²) in [5.74, 6) is 0. The summed E-state index contributed by atoms with van der Waals surface area (Å²) in [7, 11) is 0. The lowest BCUT2D eigenvalue weighted by Crippen LogP contribution is -2.31. The molecule has 86 valence electrons. The normalized spacial score (nSPS) is 9.59. The van der Waals surface area contributed by atoms with Crippen LogP contribution in [0.3, 0.4) is 0 Å². The number of hydrogen-bond donors (Lipinski definition) is 2. The molecule has 0 aliphatic heterocycles. The number of hydrazone groups is 1. The third kappa shape index (κ3) is 4.91. The zero-order chi connectivity index (χ0) is 12.5. The maximum absolute atomic E-state index is 8.63. The summed E-state index contributed by atoms with van der Waals surface area (Å²) >= 11 is 4.95. The highest BCUT2D eigenvalue weighted by Gasteiger charge is 1.91. The number of hydrogen-bond acceptors (Lipinski definition) is 3. The second-order valence-electron chi connectivity index (χ2n) is 3.10. The van der Waals surface area contributed by atoms with E-state index in [1.165, 1.54) is 0 Å². The fourth-order valence-electron chi connectivity index (χ4n) is 1.01. The van der Waals surface area contributed by atoms with Crippen molar-refractivity contribution in [2.75, 3.05) is 6.54 Å². The first-order valence-electron chi connectivity index (χ1n) is 4.94. The fourth-order valence-corrected chi connectivity index (χ4v) is 1.15. The van der Waals surface area contributed by atoms with Crippen molar-refractivity contribution in [3.05, 3.63) is 48.0 Å². The summed E-state index contributed by atoms with van der Waals surface area (Å²) in [5, 5.41) is 15.9. The van der Waals surface area contributed by atoms with Gasteiger partial charge < -0.3 is 5.32 Å². The maximum atomic E-state index is 8.63. The Balaban J connectivity index is 2.45. The molecular formula is C12H12N4S. The highest BCUT2D eigenvalue weighted by atomic mass is 32.1. The van der Waals surface area contributed by atoms with Crippen molar-refractivity contribution in [3.8, 4) is 6.07 Å². The summed E-state index contributed by atoms with van der Waals surface area (Å²) in [6.45, 7) is 4.16. The van der Waals surface area contributed by atoms with Crippen molar-refractivity contribution in [2.45, 2.75) is 0 Å². The van der Waals surface area contributed by atoms with E-state index in [4.69, 9.17) is 17.5 Å². The Morgan fingerprint density at radius 1 is 1.47 bits per heavy atom. The minimum Gasteiger partial charge on any atom is -0.358 e. The van der Waals surface area contributed by atoms with Gasteiger partial charge in [0.2, 0.25) is 0 Å². The molecule has 5 heteroatoms. The van der Waals surface area contributed by atoms with E-state index < -0.39 is 0 Å². The molecule has 4 nitrogen and oxygen atoms in total. The summed E-state index contributed by atoms with van der Waals surface area (Å²) in [6, 6.07) is 9.13. The van der Waals surface area contributed by atoms with Crippen LogP contribution in [0.25, 0.3) is 0 Å². The van der Waals surface area contributed by atoms with Gasteiger partial charge in [0.15, 0.2) is 5.11 Å². The van der Waals surface area contributed by atoms with Crippen LogP contribution in [0.2, 0.25) is 0 Å². The molecule has 0 radical (unpaired) electrons. The van der Waals surface area contributed by atoms with E-state index in [1.807, 2.05) is 12.1 Å². The first-order chi connectivity index (χ1) is 8.26. The molecule has 0 aliphatic rings. The number of benzene rings is 1. The van der Waals surface area contributed by atoms with Gasteiger partial charge in [-0.3, -0.25) is 5.43 Å². The van der Waals surface area contributed by atoms with E-state index in [0.717, 1.165) is 5.56 Å². The number of nitrogens with one attached hydrogen (secondary N) is 2. The largest absolute Gasteiger partial charge is 0.358 e. The smallest absolute Gasteiger partial charge is 0.187 e. The molecule has 0 saturated heterocycles. The Bertz CT molecular complexity index is 456. The van der Waals surface area contributed by atoms with E-state index in [1.54, 1.807) is 24.4 Å². The molecule has 17 heavy (non-hydrogen) atoms. The van der Waals surface area contributed by atoms with Gasteiger partial charge >= 0.3 is 0 Å². The Morgan fingerprint density at radius 3 is 2.76 bits per heavy atom. The number of nitrogens with zero attached hydrogens (tertiary/aromatic N) is 2. The van der Waals surface area contributed by atoms with Crippen LogP contribution in [0.4, 0.5) is 0 Å². The van der Waals surface area contributed by atoms with Crippen molar-refractivity contribution < 1.29 is 0 Å². The van der Waals surface area contributed by atoms with Crippen molar-refractivity contribution in [2.24, 2.45) is 5.10 Å². The second-order valence-corrected chi connectivity index (χ2v) is 3.51. The molecule has 0 saturated carbocycles. The predicted octanol–water partition coefficient (Wildman–Crippen LogP) is 1.54. The minimum absolute atomic E-state index is 0.440. The Labute approximate surface area is 106 Å². The Morgan fingerprint density at radius 2 is 2.18 bits per heavy atom. The standard InChI is InChI=1S/C12H12N4S/c1-2-7-14-12(17)16-15-9-11-5-3-10(8-13)4-6-11/h2-6,9H,1,7H2,(H2,14,16,17)/b15-9-. The fraction of sp³-hybridized carbons (Fsp3) is 0.0833. The molecule has 0 bridgehead atoms. The van der Waals surface area contributed by atoms with E-state index in [-0.39, 0.29) is 0 Å². The maximum Gasteiger partial charge on any atom is 0.187 e. The van der Waals surface area contributed by atoms with Gasteiger partial charge in [-0.05, 0) is 29.9 Å². The Kier molecular flexibility index (Phi) is 5.41. The van der Waals surface area contributed by atoms with Gasteiger partial charge in [-0.2, -0.15) is 10.4 Å². The molecule has 0 aliphatic carbocycles. The van der Waals surface area contributed by atoms with Crippen LogP contribution >= 0.6 is 12.2 Å². The second kappa shape index (κ2) is 7.14. The van der Waals surface area contributed by atoms with Crippen molar-refractivity contribution in [1.82, 2.24) is 10.7 Å². The first-order valence-corrected chi connectivity index (χ1v) is 5.35. The van der Waals surface area contributed by atoms with Crippen LogP contribution in [0.1, 0.15) is 11.1 Å². The molecular weight excluding hydrogens is 232 g/mol. The summed E-state index contributed by atoms with van der Waals surface area (Å²) < 4.78 is 0. The zero-order valence-corrected chi connectivity index (χ0v) is 10.00. The molecule has 0 unspecified atom stereocenters. The van der Waals surface area contributed by atoms with E-state index in [0.29, 0.717) is 17.2 Å². The van der Waals surface area contributed by atoms with Crippen LogP contribution in [-0.2, 0) is 0 Å². The van der Waals surface area contributed by atoms with Crippen LogP contribution in [-0.4, -0.2) is 17.9 Å². The molecule has 1 aromatic rings. The van der Waals surface area contributed by atoms with Gasteiger partial charge in [0, 0.05) is 6.54 Å². The van der Waals surface area contributed by atoms with Crippen LogP contribution in [0.5, 0.6) is 0 Å². The molecule has 0 amide bonds. The first kappa shape index (κ1) is 12.9. The quantitative estimate of drug-likeness (QED) is 0.365. The highest BCUT2D eigenvalue weighted by molar-refractivity contribution is 7.80. The average Bonchev–Trinajstić information content (AvgIpc) is 2.37. The van der Waals surface area contributed by atoms with Crippen LogP contribution in [0, 0.1) is 11.3 Å². The van der Waals surface area contributed by atoms with Gasteiger partial charge in [0.25, 0.3) is 0 Å². The summed E-state index contributed by atoms with van der Waals surface area (Å²) in [5.41, 5.74) is 4.19. The van der Waals surface area contributed by atoms with Gasteiger partial charge in [-0.15, -0.1) is 6.58 Å². The topological polar surface area (TPSA) is 60.2 Å². The van der Waals surface area contributed by atoms with Crippen LogP contribution in [0.15, 0.2) is 42.0 Å². The van der Waals surface area contributed by atoms with Crippen molar-refractivity contribution in [3.63, 3.8) is 0 Å². The van der Waals surface area contributed by atoms with Gasteiger partial charge in [-0.1, -0.05) is 18.2 Å². The monoisotopic (exact) mass is 244 g/mol. The summed E-state index contributed by atoms with van der Waals surface area (Å²) in [4.78, 5) is 0. The van der Waals surface area contributed by atoms with E-state index in [9.17, 15) is 0 Å². The lowest BCUT2D eigenvalue weighted by Gasteiger charge is -2.02. The molecule has 1 rings (SSSR count). The third-order valence-electron chi connectivity index (χ3n) is 1.83. The van der Waals surface area contributed by atoms with Crippen LogP contribution < -0.4 is 10.7 Å². The predicted molar refractivity (Wildman–Crippen MR) is 72.7 cm³/mol. The zero-order valence-electron chi connectivity index (χ0n) is 9.18. The molecule has 0 heterocycles. The molecule has 0 atom stereocenters.